The quantitative estimate of drug-likeness (QED) is 0.555. The van der Waals surface area contributed by atoms with Crippen molar-refractivity contribution in [1.82, 2.24) is 9.55 Å². The van der Waals surface area contributed by atoms with E-state index in [0.29, 0.717) is 22.9 Å². The summed E-state index contributed by atoms with van der Waals surface area (Å²) in [6.07, 6.45) is 5.23. The third kappa shape index (κ3) is 4.54. The van der Waals surface area contributed by atoms with Crippen LogP contribution in [0.15, 0.2) is 53.8 Å². The van der Waals surface area contributed by atoms with E-state index in [0.717, 1.165) is 34.3 Å². The molecule has 1 amide bonds. The van der Waals surface area contributed by atoms with E-state index in [9.17, 15) is 4.79 Å². The lowest BCUT2D eigenvalue weighted by atomic mass is 10.1. The van der Waals surface area contributed by atoms with E-state index in [1.807, 2.05) is 24.3 Å². The van der Waals surface area contributed by atoms with E-state index >= 15 is 0 Å². The van der Waals surface area contributed by atoms with E-state index in [1.165, 1.54) is 6.08 Å². The first-order valence-corrected chi connectivity index (χ1v) is 10.7. The zero-order valence-corrected chi connectivity index (χ0v) is 18.4. The number of carbonyl (C=O) groups excluding carboxylic acids is 1. The number of benzene rings is 2. The summed E-state index contributed by atoms with van der Waals surface area (Å²) in [4.78, 5) is 17.0. The van der Waals surface area contributed by atoms with Gasteiger partial charge in [0.25, 0.3) is 0 Å². The molecular weight excluding hydrogens is 414 g/mol. The number of hydrogen-bond donors (Lipinski definition) is 1. The highest BCUT2D eigenvalue weighted by molar-refractivity contribution is 7.99. The number of anilines is 1. The van der Waals surface area contributed by atoms with Gasteiger partial charge in [0, 0.05) is 35.8 Å². The Morgan fingerprint density at radius 3 is 2.42 bits per heavy atom. The van der Waals surface area contributed by atoms with Crippen molar-refractivity contribution in [2.45, 2.75) is 11.7 Å². The number of nitrogens with one attached hydrogen (secondary N) is 1. The second-order valence-electron chi connectivity index (χ2n) is 6.81. The molecule has 1 aliphatic heterocycles. The maximum absolute atomic E-state index is 12.4. The monoisotopic (exact) mass is 437 g/mol. The van der Waals surface area contributed by atoms with Gasteiger partial charge in [-0.25, -0.2) is 4.98 Å². The Hall–Kier alpha value is -3.39. The minimum Gasteiger partial charge on any atom is -0.493 e. The second kappa shape index (κ2) is 9.18. The molecule has 0 unspecified atom stereocenters. The van der Waals surface area contributed by atoms with Crippen molar-refractivity contribution < 1.29 is 19.0 Å². The summed E-state index contributed by atoms with van der Waals surface area (Å²) in [6, 6.07) is 11.2. The van der Waals surface area contributed by atoms with Crippen molar-refractivity contribution in [3.05, 3.63) is 54.2 Å². The van der Waals surface area contributed by atoms with Crippen molar-refractivity contribution in [2.75, 3.05) is 32.4 Å². The summed E-state index contributed by atoms with van der Waals surface area (Å²) >= 11 is 1.77. The molecular formula is C23H23N3O4S. The van der Waals surface area contributed by atoms with Gasteiger partial charge in [0.1, 0.15) is 0 Å². The fourth-order valence-corrected chi connectivity index (χ4v) is 4.27. The van der Waals surface area contributed by atoms with Gasteiger partial charge in [-0.05, 0) is 35.9 Å². The Kier molecular flexibility index (Phi) is 6.18. The fraction of sp³-hybridized carbons (Fsp3) is 0.217. The highest BCUT2D eigenvalue weighted by Gasteiger charge is 2.15. The van der Waals surface area contributed by atoms with Crippen LogP contribution in [0.25, 0.3) is 17.3 Å². The van der Waals surface area contributed by atoms with E-state index in [4.69, 9.17) is 14.2 Å². The standard InChI is InChI=1S/C23H23N3O4S/c1-28-19-12-15(13-20(29-2)22(19)30-3)4-9-21(27)24-17-7-5-16(6-8-17)18-14-26-10-11-31-23(26)25-18/h4-9,12-14H,10-11H2,1-3H3,(H,24,27)/b9-4+. The molecule has 0 saturated heterocycles. The van der Waals surface area contributed by atoms with Crippen molar-refractivity contribution in [3.63, 3.8) is 0 Å². The molecule has 0 fully saturated rings. The van der Waals surface area contributed by atoms with Crippen LogP contribution in [0.4, 0.5) is 5.69 Å². The van der Waals surface area contributed by atoms with Crippen LogP contribution in [0.3, 0.4) is 0 Å². The average Bonchev–Trinajstić information content (AvgIpc) is 3.40. The Bertz CT molecular complexity index is 1080. The normalized spacial score (nSPS) is 12.6. The van der Waals surface area contributed by atoms with Crippen molar-refractivity contribution in [2.24, 2.45) is 0 Å². The lowest BCUT2D eigenvalue weighted by Crippen LogP contribution is -2.07. The van der Waals surface area contributed by atoms with Crippen LogP contribution in [0.2, 0.25) is 0 Å². The number of nitrogens with zero attached hydrogens (tertiary/aromatic N) is 2. The topological polar surface area (TPSA) is 74.6 Å². The average molecular weight is 438 g/mol. The first-order valence-electron chi connectivity index (χ1n) is 9.70. The van der Waals surface area contributed by atoms with Gasteiger partial charge < -0.3 is 24.1 Å². The summed E-state index contributed by atoms with van der Waals surface area (Å²) in [7, 11) is 4.65. The van der Waals surface area contributed by atoms with Crippen LogP contribution in [0.1, 0.15) is 5.56 Å². The summed E-state index contributed by atoms with van der Waals surface area (Å²) in [6.45, 7) is 0.999. The molecule has 31 heavy (non-hydrogen) atoms. The van der Waals surface area contributed by atoms with Gasteiger partial charge in [-0.3, -0.25) is 4.79 Å². The maximum atomic E-state index is 12.4. The highest BCUT2D eigenvalue weighted by Crippen LogP contribution is 2.38. The number of amides is 1. The molecule has 0 spiro atoms. The molecule has 0 saturated carbocycles. The molecule has 0 atom stereocenters. The van der Waals surface area contributed by atoms with Crippen molar-refractivity contribution in [3.8, 4) is 28.5 Å². The second-order valence-corrected chi connectivity index (χ2v) is 7.87. The predicted molar refractivity (Wildman–Crippen MR) is 122 cm³/mol. The number of imidazole rings is 1. The van der Waals surface area contributed by atoms with E-state index < -0.39 is 0 Å². The molecule has 3 aromatic rings. The van der Waals surface area contributed by atoms with Gasteiger partial charge in [0.2, 0.25) is 11.7 Å². The molecule has 1 aliphatic rings. The molecule has 4 rings (SSSR count). The number of fused-ring (bicyclic) bond motifs is 1. The number of aromatic nitrogens is 2. The molecule has 0 bridgehead atoms. The largest absolute Gasteiger partial charge is 0.493 e. The predicted octanol–water partition coefficient (Wildman–Crippen LogP) is 4.33. The Balaban J connectivity index is 1.43. The van der Waals surface area contributed by atoms with E-state index in [2.05, 4.69) is 21.1 Å². The van der Waals surface area contributed by atoms with Crippen LogP contribution in [0, 0.1) is 0 Å². The number of carbonyl (C=O) groups is 1. The molecule has 7 nitrogen and oxygen atoms in total. The Morgan fingerprint density at radius 1 is 1.10 bits per heavy atom. The van der Waals surface area contributed by atoms with Crippen LogP contribution < -0.4 is 19.5 Å². The molecule has 2 aromatic carbocycles. The Labute approximate surface area is 185 Å². The molecule has 160 valence electrons. The van der Waals surface area contributed by atoms with Crippen molar-refractivity contribution in [1.29, 1.82) is 0 Å². The first kappa shape index (κ1) is 20.9. The minimum absolute atomic E-state index is 0.237. The SMILES string of the molecule is COc1cc(/C=C/C(=O)Nc2ccc(-c3cn4c(n3)SCC4)cc2)cc(OC)c1OC. The molecule has 1 aromatic heterocycles. The zero-order chi connectivity index (χ0) is 21.8. The number of hydrogen-bond acceptors (Lipinski definition) is 6. The third-order valence-electron chi connectivity index (χ3n) is 4.87. The van der Waals surface area contributed by atoms with Gasteiger partial charge in [-0.1, -0.05) is 23.9 Å². The number of methoxy groups -OCH3 is 3. The van der Waals surface area contributed by atoms with Crippen LogP contribution >= 0.6 is 11.8 Å². The molecule has 2 heterocycles. The van der Waals surface area contributed by atoms with Gasteiger partial charge in [-0.2, -0.15) is 0 Å². The zero-order valence-electron chi connectivity index (χ0n) is 17.5. The van der Waals surface area contributed by atoms with Gasteiger partial charge in [0.15, 0.2) is 16.7 Å². The highest BCUT2D eigenvalue weighted by atomic mass is 32.2. The molecule has 8 heteroatoms. The maximum Gasteiger partial charge on any atom is 0.248 e. The third-order valence-corrected chi connectivity index (χ3v) is 5.84. The van der Waals surface area contributed by atoms with E-state index in [1.54, 1.807) is 51.3 Å². The van der Waals surface area contributed by atoms with Crippen molar-refractivity contribution >= 4 is 29.4 Å². The first-order chi connectivity index (χ1) is 15.1. The van der Waals surface area contributed by atoms with E-state index in [-0.39, 0.29) is 5.91 Å². The summed E-state index contributed by atoms with van der Waals surface area (Å²) < 4.78 is 18.2. The summed E-state index contributed by atoms with van der Waals surface area (Å²) in [5, 5.41) is 3.93. The lowest BCUT2D eigenvalue weighted by Gasteiger charge is -2.12. The van der Waals surface area contributed by atoms with Gasteiger partial charge in [-0.15, -0.1) is 0 Å². The number of ether oxygens (including phenoxy) is 3. The fourth-order valence-electron chi connectivity index (χ4n) is 3.33. The van der Waals surface area contributed by atoms with Crippen LogP contribution in [-0.2, 0) is 11.3 Å². The Morgan fingerprint density at radius 2 is 1.81 bits per heavy atom. The summed E-state index contributed by atoms with van der Waals surface area (Å²) in [5.41, 5.74) is 3.44. The molecule has 0 aliphatic carbocycles. The number of aryl methyl sites for hydroxylation is 1. The van der Waals surface area contributed by atoms with Gasteiger partial charge >= 0.3 is 0 Å². The van der Waals surface area contributed by atoms with Crippen LogP contribution in [-0.4, -0.2) is 42.5 Å². The van der Waals surface area contributed by atoms with Gasteiger partial charge in [0.05, 0.1) is 27.0 Å². The molecule has 0 radical (unpaired) electrons. The number of rotatable bonds is 7. The lowest BCUT2D eigenvalue weighted by molar-refractivity contribution is -0.111. The minimum atomic E-state index is -0.237. The summed E-state index contributed by atoms with van der Waals surface area (Å²) in [5.74, 6) is 2.41. The smallest absolute Gasteiger partial charge is 0.248 e. The van der Waals surface area contributed by atoms with Crippen LogP contribution in [0.5, 0.6) is 17.2 Å². The number of thioether (sulfide) groups is 1. The molecule has 1 N–H and O–H groups in total.